The Morgan fingerprint density at radius 1 is 1.16 bits per heavy atom. The van der Waals surface area contributed by atoms with Crippen LogP contribution in [0.15, 0.2) is 36.4 Å². The fourth-order valence-corrected chi connectivity index (χ4v) is 4.42. The quantitative estimate of drug-likeness (QED) is 0.673. The van der Waals surface area contributed by atoms with Gasteiger partial charge in [-0.15, -0.1) is 0 Å². The summed E-state index contributed by atoms with van der Waals surface area (Å²) in [6, 6.07) is 10.6. The van der Waals surface area contributed by atoms with E-state index in [9.17, 15) is 9.18 Å². The van der Waals surface area contributed by atoms with E-state index in [0.29, 0.717) is 30.4 Å². The molecular formula is C25H33FN2O3. The van der Waals surface area contributed by atoms with Crippen LogP contribution in [0.4, 0.5) is 4.39 Å². The molecule has 31 heavy (non-hydrogen) atoms. The number of nitrogens with one attached hydrogen (secondary N) is 1. The highest BCUT2D eigenvalue weighted by molar-refractivity contribution is 5.76. The average molecular weight is 429 g/mol. The van der Waals surface area contributed by atoms with Crippen molar-refractivity contribution in [3.05, 3.63) is 58.9 Å². The lowest BCUT2D eigenvalue weighted by Crippen LogP contribution is -2.47. The van der Waals surface area contributed by atoms with Crippen LogP contribution in [-0.2, 0) is 17.8 Å². The maximum Gasteiger partial charge on any atom is 0.220 e. The third-order valence-corrected chi connectivity index (χ3v) is 5.76. The Morgan fingerprint density at radius 3 is 2.52 bits per heavy atom. The van der Waals surface area contributed by atoms with Crippen LogP contribution >= 0.6 is 0 Å². The minimum Gasteiger partial charge on any atom is -0.493 e. The Kier molecular flexibility index (Phi) is 7.55. The smallest absolute Gasteiger partial charge is 0.220 e. The fourth-order valence-electron chi connectivity index (χ4n) is 4.42. The van der Waals surface area contributed by atoms with Crippen molar-refractivity contribution in [2.24, 2.45) is 5.92 Å². The number of methoxy groups -OCH3 is 2. The van der Waals surface area contributed by atoms with Gasteiger partial charge in [0.25, 0.3) is 0 Å². The second kappa shape index (κ2) is 10.1. The van der Waals surface area contributed by atoms with E-state index in [1.165, 1.54) is 11.6 Å². The van der Waals surface area contributed by atoms with Crippen LogP contribution in [0, 0.1) is 11.7 Å². The van der Waals surface area contributed by atoms with Crippen molar-refractivity contribution in [1.29, 1.82) is 0 Å². The zero-order chi connectivity index (χ0) is 22.5. The van der Waals surface area contributed by atoms with Crippen LogP contribution < -0.4 is 14.8 Å². The number of benzene rings is 2. The molecule has 0 saturated heterocycles. The average Bonchev–Trinajstić information content (AvgIpc) is 2.71. The number of carbonyl (C=O) groups excluding carboxylic acids is 1. The van der Waals surface area contributed by atoms with Crippen molar-refractivity contribution in [2.45, 2.75) is 52.2 Å². The Hall–Kier alpha value is -2.60. The molecule has 0 radical (unpaired) electrons. The first-order valence-corrected chi connectivity index (χ1v) is 10.8. The number of hydrogen-bond donors (Lipinski definition) is 1. The van der Waals surface area contributed by atoms with Gasteiger partial charge in [0.1, 0.15) is 5.82 Å². The Labute approximate surface area is 184 Å². The van der Waals surface area contributed by atoms with Crippen molar-refractivity contribution >= 4 is 5.91 Å². The van der Waals surface area contributed by atoms with Crippen LogP contribution in [0.25, 0.3) is 0 Å². The van der Waals surface area contributed by atoms with Crippen LogP contribution in [-0.4, -0.2) is 37.6 Å². The maximum absolute atomic E-state index is 13.8. The number of nitrogens with zero attached hydrogens (tertiary/aromatic N) is 1. The van der Waals surface area contributed by atoms with Crippen molar-refractivity contribution in [1.82, 2.24) is 10.2 Å². The van der Waals surface area contributed by atoms with Crippen LogP contribution in [0.2, 0.25) is 0 Å². The zero-order valence-electron chi connectivity index (χ0n) is 19.1. The number of carbonyl (C=O) groups is 1. The van der Waals surface area contributed by atoms with E-state index in [-0.39, 0.29) is 23.8 Å². The molecule has 6 heteroatoms. The van der Waals surface area contributed by atoms with Gasteiger partial charge in [0.05, 0.1) is 20.3 Å². The van der Waals surface area contributed by atoms with E-state index >= 15 is 0 Å². The summed E-state index contributed by atoms with van der Waals surface area (Å²) in [5.74, 6) is 1.46. The van der Waals surface area contributed by atoms with Gasteiger partial charge in [0, 0.05) is 25.6 Å². The van der Waals surface area contributed by atoms with E-state index < -0.39 is 0 Å². The number of ether oxygens (including phenoxy) is 2. The zero-order valence-corrected chi connectivity index (χ0v) is 19.1. The Balaban J connectivity index is 1.96. The van der Waals surface area contributed by atoms with Crippen molar-refractivity contribution in [2.75, 3.05) is 20.8 Å². The van der Waals surface area contributed by atoms with Crippen LogP contribution in [0.5, 0.6) is 11.5 Å². The highest BCUT2D eigenvalue weighted by atomic mass is 19.1. The molecule has 1 heterocycles. The van der Waals surface area contributed by atoms with Gasteiger partial charge in [-0.1, -0.05) is 26.0 Å². The summed E-state index contributed by atoms with van der Waals surface area (Å²) in [5, 5.41) is 3.19. The molecule has 2 aromatic carbocycles. The normalized spacial score (nSPS) is 17.2. The molecule has 0 saturated carbocycles. The first-order chi connectivity index (χ1) is 14.8. The molecule has 0 aliphatic carbocycles. The second-order valence-corrected chi connectivity index (χ2v) is 8.66. The lowest BCUT2D eigenvalue weighted by Gasteiger charge is -2.41. The molecule has 168 valence electrons. The largest absolute Gasteiger partial charge is 0.493 e. The topological polar surface area (TPSA) is 50.8 Å². The molecule has 2 atom stereocenters. The number of rotatable bonds is 8. The van der Waals surface area contributed by atoms with Crippen LogP contribution in [0.3, 0.4) is 0 Å². The highest BCUT2D eigenvalue weighted by Gasteiger charge is 2.33. The van der Waals surface area contributed by atoms with Crippen molar-refractivity contribution in [3.8, 4) is 11.5 Å². The molecule has 1 N–H and O–H groups in total. The number of hydrogen-bond acceptors (Lipinski definition) is 4. The molecule has 1 aliphatic rings. The second-order valence-electron chi connectivity index (χ2n) is 8.66. The molecule has 1 amide bonds. The number of amides is 1. The predicted octanol–water partition coefficient (Wildman–Crippen LogP) is 4.49. The molecular weight excluding hydrogens is 395 g/mol. The SMILES string of the molecule is COc1cc2c(cc1OC)[C@H]([C@H](C)NC(=O)CC(C)C)N(Cc1cccc(F)c1)CC2. The van der Waals surface area contributed by atoms with Gasteiger partial charge in [-0.2, -0.15) is 0 Å². The van der Waals surface area contributed by atoms with Gasteiger partial charge >= 0.3 is 0 Å². The minimum atomic E-state index is -0.240. The molecule has 1 aliphatic heterocycles. The molecule has 0 unspecified atom stereocenters. The van der Waals surface area contributed by atoms with Crippen molar-refractivity contribution in [3.63, 3.8) is 0 Å². The third kappa shape index (κ3) is 5.56. The van der Waals surface area contributed by atoms with Gasteiger partial charge in [0.2, 0.25) is 5.91 Å². The summed E-state index contributed by atoms with van der Waals surface area (Å²) in [7, 11) is 3.26. The van der Waals surface area contributed by atoms with Gasteiger partial charge in [-0.25, -0.2) is 4.39 Å². The van der Waals surface area contributed by atoms with Crippen molar-refractivity contribution < 1.29 is 18.7 Å². The molecule has 2 aromatic rings. The predicted molar refractivity (Wildman–Crippen MR) is 120 cm³/mol. The molecule has 0 bridgehead atoms. The molecule has 0 spiro atoms. The number of fused-ring (bicyclic) bond motifs is 1. The Morgan fingerprint density at radius 2 is 1.87 bits per heavy atom. The first kappa shape index (κ1) is 23.1. The summed E-state index contributed by atoms with van der Waals surface area (Å²) in [6.07, 6.45) is 1.33. The summed E-state index contributed by atoms with van der Waals surface area (Å²) in [6.45, 7) is 7.50. The Bertz CT molecular complexity index is 916. The first-order valence-electron chi connectivity index (χ1n) is 10.8. The van der Waals surface area contributed by atoms with Gasteiger partial charge in [-0.05, 0) is 60.2 Å². The third-order valence-electron chi connectivity index (χ3n) is 5.76. The standard InChI is InChI=1S/C25H33FN2O3/c1-16(2)11-24(29)27-17(3)25-21-14-23(31-5)22(30-4)13-19(21)9-10-28(25)15-18-7-6-8-20(26)12-18/h6-8,12-14,16-17,25H,9-11,15H2,1-5H3,(H,27,29)/t17-,25-/m0/s1. The van der Waals surface area contributed by atoms with E-state index in [1.807, 2.05) is 39.0 Å². The highest BCUT2D eigenvalue weighted by Crippen LogP contribution is 2.40. The van der Waals surface area contributed by atoms with Crippen LogP contribution in [0.1, 0.15) is 49.9 Å². The minimum absolute atomic E-state index is 0.0424. The monoisotopic (exact) mass is 428 g/mol. The maximum atomic E-state index is 13.8. The lowest BCUT2D eigenvalue weighted by molar-refractivity contribution is -0.122. The summed E-state index contributed by atoms with van der Waals surface area (Å²) in [4.78, 5) is 14.8. The molecule has 0 fully saturated rings. The molecule has 3 rings (SSSR count). The van der Waals surface area contributed by atoms with Gasteiger partial charge in [-0.3, -0.25) is 9.69 Å². The van der Waals surface area contributed by atoms with E-state index in [4.69, 9.17) is 9.47 Å². The lowest BCUT2D eigenvalue weighted by atomic mass is 9.87. The van der Waals surface area contributed by atoms with E-state index in [0.717, 1.165) is 24.1 Å². The number of halogens is 1. The summed E-state index contributed by atoms with van der Waals surface area (Å²) >= 11 is 0. The molecule has 5 nitrogen and oxygen atoms in total. The fraction of sp³-hybridized carbons (Fsp3) is 0.480. The van der Waals surface area contributed by atoms with Gasteiger partial charge in [0.15, 0.2) is 11.5 Å². The summed E-state index contributed by atoms with van der Waals surface area (Å²) < 4.78 is 24.8. The summed E-state index contributed by atoms with van der Waals surface area (Å²) in [5.41, 5.74) is 3.20. The van der Waals surface area contributed by atoms with E-state index in [2.05, 4.69) is 10.2 Å². The van der Waals surface area contributed by atoms with Gasteiger partial charge < -0.3 is 14.8 Å². The van der Waals surface area contributed by atoms with E-state index in [1.54, 1.807) is 26.4 Å². The molecule has 0 aromatic heterocycles.